The lowest BCUT2D eigenvalue weighted by Crippen LogP contribution is -2.06. The van der Waals surface area contributed by atoms with Gasteiger partial charge in [0, 0.05) is 26.9 Å². The lowest BCUT2D eigenvalue weighted by molar-refractivity contribution is -0.136. The van der Waals surface area contributed by atoms with E-state index in [0.717, 1.165) is 16.8 Å². The summed E-state index contributed by atoms with van der Waals surface area (Å²) in [5.74, 6) is -0.869. The summed E-state index contributed by atoms with van der Waals surface area (Å²) in [7, 11) is 0. The molecule has 0 unspecified atom stereocenters. The molecule has 0 radical (unpaired) electrons. The second-order valence-electron chi connectivity index (χ2n) is 4.58. The molecule has 1 aromatic heterocycles. The fourth-order valence-corrected chi connectivity index (χ4v) is 2.65. The van der Waals surface area contributed by atoms with Gasteiger partial charge in [-0.3, -0.25) is 9.48 Å². The van der Waals surface area contributed by atoms with Crippen LogP contribution in [0.4, 0.5) is 0 Å². The van der Waals surface area contributed by atoms with Gasteiger partial charge >= 0.3 is 5.97 Å². The largest absolute Gasteiger partial charge is 0.481 e. The van der Waals surface area contributed by atoms with E-state index >= 15 is 0 Å². The topological polar surface area (TPSA) is 55.1 Å². The van der Waals surface area contributed by atoms with Gasteiger partial charge in [0.25, 0.3) is 0 Å². The zero-order chi connectivity index (χ0) is 14.9. The van der Waals surface area contributed by atoms with E-state index in [-0.39, 0.29) is 6.42 Å². The van der Waals surface area contributed by atoms with Crippen LogP contribution >= 0.6 is 23.2 Å². The summed E-state index contributed by atoms with van der Waals surface area (Å²) < 4.78 is 1.74. The third kappa shape index (κ3) is 2.97. The van der Waals surface area contributed by atoms with Crippen molar-refractivity contribution in [2.24, 2.45) is 0 Å². The zero-order valence-electron chi connectivity index (χ0n) is 11.2. The third-order valence-electron chi connectivity index (χ3n) is 3.23. The van der Waals surface area contributed by atoms with Gasteiger partial charge in [-0.15, -0.1) is 0 Å². The Morgan fingerprint density at radius 2 is 1.85 bits per heavy atom. The van der Waals surface area contributed by atoms with Crippen molar-refractivity contribution in [1.29, 1.82) is 0 Å². The first kappa shape index (κ1) is 14.9. The Kier molecular flexibility index (Phi) is 4.35. The lowest BCUT2D eigenvalue weighted by atomic mass is 10.1. The highest BCUT2D eigenvalue weighted by Gasteiger charge is 2.16. The number of hydrogen-bond acceptors (Lipinski definition) is 2. The minimum Gasteiger partial charge on any atom is -0.481 e. The van der Waals surface area contributed by atoms with Gasteiger partial charge in [-0.1, -0.05) is 29.3 Å². The average molecular weight is 313 g/mol. The molecule has 0 saturated carbocycles. The molecule has 0 aliphatic rings. The summed E-state index contributed by atoms with van der Waals surface area (Å²) in [6.45, 7) is 4.07. The highest BCUT2D eigenvalue weighted by Crippen LogP contribution is 2.26. The first-order valence-electron chi connectivity index (χ1n) is 6.07. The molecule has 0 saturated heterocycles. The van der Waals surface area contributed by atoms with Gasteiger partial charge in [-0.2, -0.15) is 5.10 Å². The maximum atomic E-state index is 10.9. The number of benzene rings is 1. The average Bonchev–Trinajstić information content (AvgIpc) is 2.61. The number of aliphatic carboxylic acids is 1. The molecule has 6 heteroatoms. The van der Waals surface area contributed by atoms with Crippen LogP contribution in [-0.2, 0) is 17.8 Å². The minimum atomic E-state index is -0.869. The Balaban J connectivity index is 2.38. The standard InChI is InChI=1S/C14H14Cl2N2O2/c1-8-10(6-14(19)20)9(2)18(17-8)7-11-12(15)4-3-5-13(11)16/h3-5H,6-7H2,1-2H3,(H,19,20). The van der Waals surface area contributed by atoms with Crippen LogP contribution in [0.5, 0.6) is 0 Å². The predicted molar refractivity (Wildman–Crippen MR) is 78.6 cm³/mol. The first-order chi connectivity index (χ1) is 9.40. The molecular weight excluding hydrogens is 299 g/mol. The van der Waals surface area contributed by atoms with Gasteiger partial charge < -0.3 is 5.11 Å². The van der Waals surface area contributed by atoms with Crippen LogP contribution < -0.4 is 0 Å². The fourth-order valence-electron chi connectivity index (χ4n) is 2.13. The highest BCUT2D eigenvalue weighted by molar-refractivity contribution is 6.35. The fraction of sp³-hybridized carbons (Fsp3) is 0.286. The van der Waals surface area contributed by atoms with Crippen LogP contribution in [0.1, 0.15) is 22.5 Å². The minimum absolute atomic E-state index is 0.0338. The zero-order valence-corrected chi connectivity index (χ0v) is 12.7. The molecule has 0 fully saturated rings. The quantitative estimate of drug-likeness (QED) is 0.940. The predicted octanol–water partition coefficient (Wildman–Crippen LogP) is 3.48. The molecule has 1 N–H and O–H groups in total. The molecule has 0 spiro atoms. The van der Waals surface area contributed by atoms with E-state index in [4.69, 9.17) is 28.3 Å². The van der Waals surface area contributed by atoms with Crippen LogP contribution in [-0.4, -0.2) is 20.9 Å². The van der Waals surface area contributed by atoms with Gasteiger partial charge in [0.15, 0.2) is 0 Å². The second-order valence-corrected chi connectivity index (χ2v) is 5.39. The molecule has 0 aliphatic heterocycles. The van der Waals surface area contributed by atoms with E-state index in [2.05, 4.69) is 5.10 Å². The molecule has 106 valence electrons. The Morgan fingerprint density at radius 1 is 1.25 bits per heavy atom. The van der Waals surface area contributed by atoms with Crippen molar-refractivity contribution < 1.29 is 9.90 Å². The molecule has 1 aromatic carbocycles. The molecule has 2 rings (SSSR count). The van der Waals surface area contributed by atoms with E-state index < -0.39 is 5.97 Å². The van der Waals surface area contributed by atoms with Crippen molar-refractivity contribution in [3.8, 4) is 0 Å². The van der Waals surface area contributed by atoms with Gasteiger partial charge in [0.2, 0.25) is 0 Å². The molecule has 20 heavy (non-hydrogen) atoms. The molecule has 0 atom stereocenters. The summed E-state index contributed by atoms with van der Waals surface area (Å²) in [4.78, 5) is 10.9. The number of halogens is 2. The molecule has 0 bridgehead atoms. The van der Waals surface area contributed by atoms with Crippen LogP contribution in [0.15, 0.2) is 18.2 Å². The van der Waals surface area contributed by atoms with Crippen LogP contribution in [0, 0.1) is 13.8 Å². The number of aryl methyl sites for hydroxylation is 1. The van der Waals surface area contributed by atoms with Gasteiger partial charge in [0.05, 0.1) is 18.7 Å². The second kappa shape index (κ2) is 5.85. The number of carbonyl (C=O) groups is 1. The Labute approximate surface area is 126 Å². The summed E-state index contributed by atoms with van der Waals surface area (Å²) in [6, 6.07) is 5.32. The van der Waals surface area contributed by atoms with Gasteiger partial charge in [0.1, 0.15) is 0 Å². The van der Waals surface area contributed by atoms with E-state index in [1.165, 1.54) is 0 Å². The van der Waals surface area contributed by atoms with E-state index in [1.54, 1.807) is 29.8 Å². The van der Waals surface area contributed by atoms with Crippen molar-refractivity contribution in [2.45, 2.75) is 26.8 Å². The van der Waals surface area contributed by atoms with Crippen LogP contribution in [0.25, 0.3) is 0 Å². The highest BCUT2D eigenvalue weighted by atomic mass is 35.5. The summed E-state index contributed by atoms with van der Waals surface area (Å²) >= 11 is 12.3. The van der Waals surface area contributed by atoms with E-state index in [9.17, 15) is 4.79 Å². The van der Waals surface area contributed by atoms with Crippen LogP contribution in [0.2, 0.25) is 10.0 Å². The van der Waals surface area contributed by atoms with Crippen molar-refractivity contribution >= 4 is 29.2 Å². The number of rotatable bonds is 4. The van der Waals surface area contributed by atoms with Crippen molar-refractivity contribution in [1.82, 2.24) is 9.78 Å². The Hall–Kier alpha value is -1.52. The van der Waals surface area contributed by atoms with Crippen molar-refractivity contribution in [3.63, 3.8) is 0 Å². The number of aromatic nitrogens is 2. The SMILES string of the molecule is Cc1nn(Cc2c(Cl)cccc2Cl)c(C)c1CC(=O)O. The van der Waals surface area contributed by atoms with Gasteiger partial charge in [-0.25, -0.2) is 0 Å². The molecule has 0 aliphatic carbocycles. The molecule has 0 amide bonds. The van der Waals surface area contributed by atoms with Crippen molar-refractivity contribution in [2.75, 3.05) is 0 Å². The van der Waals surface area contributed by atoms with Crippen molar-refractivity contribution in [3.05, 3.63) is 50.8 Å². The summed E-state index contributed by atoms with van der Waals surface area (Å²) in [6.07, 6.45) is -0.0338. The molecule has 2 aromatic rings. The first-order valence-corrected chi connectivity index (χ1v) is 6.83. The van der Waals surface area contributed by atoms with Gasteiger partial charge in [-0.05, 0) is 26.0 Å². The summed E-state index contributed by atoms with van der Waals surface area (Å²) in [5.41, 5.74) is 3.05. The smallest absolute Gasteiger partial charge is 0.307 e. The van der Waals surface area contributed by atoms with E-state index in [1.807, 2.05) is 6.92 Å². The third-order valence-corrected chi connectivity index (χ3v) is 3.94. The number of hydrogen-bond donors (Lipinski definition) is 1. The maximum absolute atomic E-state index is 10.9. The maximum Gasteiger partial charge on any atom is 0.307 e. The molecular formula is C14H14Cl2N2O2. The number of nitrogens with zero attached hydrogens (tertiary/aromatic N) is 2. The molecule has 4 nitrogen and oxygen atoms in total. The monoisotopic (exact) mass is 312 g/mol. The summed E-state index contributed by atoms with van der Waals surface area (Å²) in [5, 5.41) is 14.4. The Bertz CT molecular complexity index is 645. The lowest BCUT2D eigenvalue weighted by Gasteiger charge is -2.09. The molecule has 1 heterocycles. The Morgan fingerprint density at radius 3 is 2.40 bits per heavy atom. The number of carboxylic acids is 1. The van der Waals surface area contributed by atoms with Crippen LogP contribution in [0.3, 0.4) is 0 Å². The van der Waals surface area contributed by atoms with E-state index in [0.29, 0.717) is 22.3 Å². The normalized spacial score (nSPS) is 10.8. The number of carboxylic acid groups (broad SMARTS) is 1.